The van der Waals surface area contributed by atoms with Crippen molar-refractivity contribution in [2.45, 2.75) is 38.4 Å². The number of rotatable bonds is 9. The van der Waals surface area contributed by atoms with Crippen LogP contribution in [-0.4, -0.2) is 44.2 Å². The summed E-state index contributed by atoms with van der Waals surface area (Å²) in [6.07, 6.45) is 1.79. The minimum atomic E-state index is -3.49. The van der Waals surface area contributed by atoms with Crippen molar-refractivity contribution in [3.8, 4) is 0 Å². The van der Waals surface area contributed by atoms with Crippen molar-refractivity contribution in [2.24, 2.45) is 0 Å². The number of nitrogens with zero attached hydrogens (tertiary/aromatic N) is 1. The number of anilines is 1. The monoisotopic (exact) mass is 440 g/mol. The van der Waals surface area contributed by atoms with Crippen LogP contribution in [0.25, 0.3) is 0 Å². The lowest BCUT2D eigenvalue weighted by atomic mass is 10.2. The summed E-state index contributed by atoms with van der Waals surface area (Å²) in [6.45, 7) is 7.18. The molecule has 148 valence electrons. The van der Waals surface area contributed by atoms with E-state index in [-0.39, 0.29) is 28.6 Å². The van der Waals surface area contributed by atoms with Crippen LogP contribution in [0.4, 0.5) is 5.69 Å². The molecule has 0 atom stereocenters. The Morgan fingerprint density at radius 3 is 2.42 bits per heavy atom. The number of hydrogen-bond acceptors (Lipinski definition) is 4. The lowest BCUT2D eigenvalue weighted by Gasteiger charge is -2.22. The molecule has 0 unspecified atom stereocenters. The maximum atomic E-state index is 12.1. The fourth-order valence-corrected chi connectivity index (χ4v) is 4.21. The summed E-state index contributed by atoms with van der Waals surface area (Å²) in [7, 11) is -3.49. The van der Waals surface area contributed by atoms with E-state index in [1.165, 1.54) is 10.4 Å². The topological polar surface area (TPSA) is 66.5 Å². The second-order valence-corrected chi connectivity index (χ2v) is 11.5. The summed E-state index contributed by atoms with van der Waals surface area (Å²) in [5.74, 6) is 0.760. The van der Waals surface area contributed by atoms with E-state index >= 15 is 0 Å². The fraction of sp³-hybridized carbons (Fsp3) is 0.588. The number of thioether (sulfide) groups is 1. The molecule has 1 aromatic rings. The van der Waals surface area contributed by atoms with Gasteiger partial charge in [-0.3, -0.25) is 9.10 Å². The van der Waals surface area contributed by atoms with Crippen LogP contribution in [0.2, 0.25) is 10.0 Å². The number of benzene rings is 1. The smallest absolute Gasteiger partial charge is 0.232 e. The second kappa shape index (κ2) is 10.1. The zero-order chi connectivity index (χ0) is 20.0. The highest BCUT2D eigenvalue weighted by molar-refractivity contribution is 8.00. The first-order chi connectivity index (χ1) is 11.9. The van der Waals surface area contributed by atoms with Gasteiger partial charge in [0, 0.05) is 30.0 Å². The van der Waals surface area contributed by atoms with Gasteiger partial charge in [0.15, 0.2) is 0 Å². The number of halogens is 2. The predicted molar refractivity (Wildman–Crippen MR) is 113 cm³/mol. The molecule has 0 bridgehead atoms. The van der Waals surface area contributed by atoms with Crippen molar-refractivity contribution in [3.05, 3.63) is 28.2 Å². The van der Waals surface area contributed by atoms with Gasteiger partial charge >= 0.3 is 0 Å². The average molecular weight is 441 g/mol. The summed E-state index contributed by atoms with van der Waals surface area (Å²) in [4.78, 5) is 11.9. The van der Waals surface area contributed by atoms with Gasteiger partial charge < -0.3 is 5.32 Å². The molecule has 0 fully saturated rings. The van der Waals surface area contributed by atoms with Crippen molar-refractivity contribution in [1.29, 1.82) is 0 Å². The molecule has 1 N–H and O–H groups in total. The van der Waals surface area contributed by atoms with Gasteiger partial charge in [-0.1, -0.05) is 44.0 Å². The summed E-state index contributed by atoms with van der Waals surface area (Å²) in [5.41, 5.74) is 0.434. The minimum absolute atomic E-state index is 0.0814. The van der Waals surface area contributed by atoms with E-state index in [4.69, 9.17) is 23.2 Å². The largest absolute Gasteiger partial charge is 0.355 e. The highest BCUT2D eigenvalue weighted by atomic mass is 35.5. The summed E-state index contributed by atoms with van der Waals surface area (Å²) >= 11 is 13.6. The van der Waals surface area contributed by atoms with Crippen LogP contribution in [0.3, 0.4) is 0 Å². The lowest BCUT2D eigenvalue weighted by Crippen LogP contribution is -2.32. The van der Waals surface area contributed by atoms with E-state index in [9.17, 15) is 13.2 Å². The van der Waals surface area contributed by atoms with Gasteiger partial charge in [0.25, 0.3) is 0 Å². The number of sulfonamides is 1. The molecule has 0 spiro atoms. The highest BCUT2D eigenvalue weighted by Crippen LogP contribution is 2.28. The number of amides is 1. The van der Waals surface area contributed by atoms with Crippen molar-refractivity contribution in [2.75, 3.05) is 29.4 Å². The van der Waals surface area contributed by atoms with Crippen LogP contribution >= 0.6 is 35.0 Å². The molecule has 0 aliphatic rings. The van der Waals surface area contributed by atoms with Gasteiger partial charge in [0.1, 0.15) is 0 Å². The van der Waals surface area contributed by atoms with Crippen LogP contribution in [0, 0.1) is 0 Å². The molecule has 0 radical (unpaired) electrons. The third-order valence-corrected chi connectivity index (χ3v) is 6.52. The molecular weight excluding hydrogens is 415 g/mol. The Labute approximate surface area is 170 Å². The van der Waals surface area contributed by atoms with E-state index in [2.05, 4.69) is 26.1 Å². The van der Waals surface area contributed by atoms with Crippen molar-refractivity contribution >= 4 is 56.6 Å². The zero-order valence-corrected chi connectivity index (χ0v) is 18.7. The molecular formula is C17H26Cl2N2O3S2. The van der Waals surface area contributed by atoms with Gasteiger partial charge in [-0.05, 0) is 24.6 Å². The molecule has 0 heterocycles. The third-order valence-electron chi connectivity index (χ3n) is 3.32. The molecule has 0 aromatic heterocycles. The first-order valence-corrected chi connectivity index (χ1v) is 11.8. The third kappa shape index (κ3) is 8.84. The quantitative estimate of drug-likeness (QED) is 0.584. The standard InChI is InChI=1S/C17H26Cl2N2O3S2/c1-17(2,3)25-11-9-20-16(22)6-5-10-21(26(4,23)24)13-7-8-14(18)15(19)12-13/h7-8,12H,5-6,9-11H2,1-4H3,(H,20,22). The first-order valence-electron chi connectivity index (χ1n) is 8.23. The minimum Gasteiger partial charge on any atom is -0.355 e. The lowest BCUT2D eigenvalue weighted by molar-refractivity contribution is -0.121. The Hall–Kier alpha value is -0.630. The highest BCUT2D eigenvalue weighted by Gasteiger charge is 2.18. The molecule has 1 aromatic carbocycles. The molecule has 0 aliphatic carbocycles. The van der Waals surface area contributed by atoms with E-state index in [1.807, 2.05) is 0 Å². The van der Waals surface area contributed by atoms with Crippen molar-refractivity contribution in [3.63, 3.8) is 0 Å². The van der Waals surface area contributed by atoms with Crippen LogP contribution in [-0.2, 0) is 14.8 Å². The molecule has 0 saturated carbocycles. The SMILES string of the molecule is CC(C)(C)SCCNC(=O)CCCN(c1ccc(Cl)c(Cl)c1)S(C)(=O)=O. The Morgan fingerprint density at radius 1 is 1.23 bits per heavy atom. The van der Waals surface area contributed by atoms with E-state index in [0.29, 0.717) is 23.7 Å². The Morgan fingerprint density at radius 2 is 1.88 bits per heavy atom. The van der Waals surface area contributed by atoms with Crippen molar-refractivity contribution < 1.29 is 13.2 Å². The maximum absolute atomic E-state index is 12.1. The first kappa shape index (κ1) is 23.4. The molecule has 9 heteroatoms. The summed E-state index contributed by atoms with van der Waals surface area (Å²) in [6, 6.07) is 4.66. The molecule has 0 saturated heterocycles. The number of nitrogens with one attached hydrogen (secondary N) is 1. The molecule has 1 rings (SSSR count). The van der Waals surface area contributed by atoms with Gasteiger partial charge in [0.05, 0.1) is 22.0 Å². The van der Waals surface area contributed by atoms with Crippen LogP contribution in [0.5, 0.6) is 0 Å². The van der Waals surface area contributed by atoms with Gasteiger partial charge in [-0.2, -0.15) is 11.8 Å². The molecule has 1 amide bonds. The summed E-state index contributed by atoms with van der Waals surface area (Å²) in [5, 5.41) is 3.50. The van der Waals surface area contributed by atoms with Gasteiger partial charge in [-0.25, -0.2) is 8.42 Å². The molecule has 26 heavy (non-hydrogen) atoms. The van der Waals surface area contributed by atoms with Crippen LogP contribution < -0.4 is 9.62 Å². The normalized spacial score (nSPS) is 12.1. The van der Waals surface area contributed by atoms with Crippen LogP contribution in [0.1, 0.15) is 33.6 Å². The Kier molecular flexibility index (Phi) is 9.06. The fourth-order valence-electron chi connectivity index (χ4n) is 2.15. The van der Waals surface area contributed by atoms with E-state index < -0.39 is 10.0 Å². The number of hydrogen-bond donors (Lipinski definition) is 1. The second-order valence-electron chi connectivity index (χ2n) is 6.85. The Bertz CT molecular complexity index is 719. The number of carbonyl (C=O) groups is 1. The average Bonchev–Trinajstić information content (AvgIpc) is 2.49. The Balaban J connectivity index is 2.53. The van der Waals surface area contributed by atoms with Crippen LogP contribution in [0.15, 0.2) is 18.2 Å². The number of carbonyl (C=O) groups excluding carboxylic acids is 1. The van der Waals surface area contributed by atoms with E-state index in [1.54, 1.807) is 23.9 Å². The summed E-state index contributed by atoms with van der Waals surface area (Å²) < 4.78 is 25.5. The predicted octanol–water partition coefficient (Wildman–Crippen LogP) is 4.19. The molecule has 0 aliphatic heterocycles. The molecule has 5 nitrogen and oxygen atoms in total. The van der Waals surface area contributed by atoms with Gasteiger partial charge in [0.2, 0.25) is 15.9 Å². The zero-order valence-electron chi connectivity index (χ0n) is 15.5. The van der Waals surface area contributed by atoms with Gasteiger partial charge in [-0.15, -0.1) is 0 Å². The maximum Gasteiger partial charge on any atom is 0.232 e. The van der Waals surface area contributed by atoms with Crippen molar-refractivity contribution in [1.82, 2.24) is 5.32 Å². The van der Waals surface area contributed by atoms with E-state index in [0.717, 1.165) is 12.0 Å².